The molecule has 0 aromatic heterocycles. The second-order valence-corrected chi connectivity index (χ2v) is 9.39. The summed E-state index contributed by atoms with van der Waals surface area (Å²) in [4.78, 5) is 1.27. The lowest BCUT2D eigenvalue weighted by atomic mass is 10.2. The summed E-state index contributed by atoms with van der Waals surface area (Å²) < 4.78 is 26.3. The molecule has 1 aliphatic rings. The Kier molecular flexibility index (Phi) is 3.20. The third-order valence-electron chi connectivity index (χ3n) is 3.86. The zero-order valence-corrected chi connectivity index (χ0v) is 13.1. The van der Waals surface area contributed by atoms with Crippen molar-refractivity contribution in [3.8, 4) is 0 Å². The number of hydrogen-bond donors (Lipinski definition) is 1. The number of nitrogen functional groups attached to an aromatic ring is 1. The van der Waals surface area contributed by atoms with Crippen LogP contribution in [0.25, 0.3) is 0 Å². The number of fused-ring (bicyclic) bond motifs is 2. The van der Waals surface area contributed by atoms with Gasteiger partial charge in [-0.25, -0.2) is 0 Å². The Morgan fingerprint density at radius 2 is 1.90 bits per heavy atom. The second kappa shape index (κ2) is 4.66. The molecule has 2 aromatic rings. The maximum atomic E-state index is 13.6. The number of nitrogens with two attached hydrogens (primary N) is 1. The van der Waals surface area contributed by atoms with Crippen molar-refractivity contribution in [2.75, 3.05) is 11.9 Å². The number of rotatable bonds is 1. The van der Waals surface area contributed by atoms with Crippen LogP contribution in [0.2, 0.25) is 0 Å². The van der Waals surface area contributed by atoms with Crippen LogP contribution in [-0.2, 0) is 15.7 Å². The van der Waals surface area contributed by atoms with Crippen LogP contribution in [0.1, 0.15) is 12.5 Å². The summed E-state index contributed by atoms with van der Waals surface area (Å²) in [7, 11) is -2.79. The van der Waals surface area contributed by atoms with Crippen molar-refractivity contribution in [2.45, 2.75) is 23.6 Å². The molecule has 104 valence electrons. The highest BCUT2D eigenvalue weighted by Crippen LogP contribution is 2.52. The van der Waals surface area contributed by atoms with Gasteiger partial charge in [0.2, 0.25) is 0 Å². The molecular weight excluding hydrogens is 289 g/mol. The third kappa shape index (κ3) is 1.69. The van der Waals surface area contributed by atoms with Crippen LogP contribution in [0.4, 0.5) is 5.69 Å². The summed E-state index contributed by atoms with van der Waals surface area (Å²) in [5, 5.41) is 1.31. The van der Waals surface area contributed by atoms with Gasteiger partial charge in [0.1, 0.15) is 0 Å². The predicted molar refractivity (Wildman–Crippen MR) is 84.1 cm³/mol. The van der Waals surface area contributed by atoms with E-state index in [0.29, 0.717) is 32.2 Å². The Bertz CT molecular complexity index is 745. The molecule has 3 rings (SSSR count). The molecule has 2 N–H and O–H groups in total. The van der Waals surface area contributed by atoms with Crippen LogP contribution in [0.15, 0.2) is 46.2 Å². The van der Waals surface area contributed by atoms with Crippen LogP contribution in [0, 0.1) is 6.92 Å². The standard InChI is InChI=1S/C15H16NO2PS/c1-3-19(17)11-6-4-5-7-12(11)20(18)13-9-8-10(2)14(16)15(13)19/h4-9H,3,16H2,1-2H3. The highest BCUT2D eigenvalue weighted by Gasteiger charge is 2.43. The van der Waals surface area contributed by atoms with Crippen molar-refractivity contribution in [1.82, 2.24) is 0 Å². The Labute approximate surface area is 121 Å². The van der Waals surface area contributed by atoms with E-state index in [2.05, 4.69) is 0 Å². The highest BCUT2D eigenvalue weighted by atomic mass is 32.2. The topological polar surface area (TPSA) is 66.1 Å². The summed E-state index contributed by atoms with van der Waals surface area (Å²) in [6.07, 6.45) is 0.488. The van der Waals surface area contributed by atoms with E-state index < -0.39 is 18.3 Å². The number of aryl methyl sites for hydroxylation is 1. The van der Waals surface area contributed by atoms with E-state index in [1.54, 1.807) is 12.1 Å². The molecule has 0 spiro atoms. The van der Waals surface area contributed by atoms with Crippen molar-refractivity contribution in [2.24, 2.45) is 0 Å². The zero-order valence-electron chi connectivity index (χ0n) is 11.4. The maximum Gasteiger partial charge on any atom is 0.171 e. The smallest absolute Gasteiger partial charge is 0.171 e. The molecule has 0 aliphatic carbocycles. The molecule has 0 saturated carbocycles. The summed E-state index contributed by atoms with van der Waals surface area (Å²) in [6.45, 7) is 3.79. The molecule has 2 unspecified atom stereocenters. The molecule has 0 bridgehead atoms. The zero-order chi connectivity index (χ0) is 14.5. The number of anilines is 1. The van der Waals surface area contributed by atoms with Gasteiger partial charge in [0, 0.05) is 17.3 Å². The monoisotopic (exact) mass is 305 g/mol. The quantitative estimate of drug-likeness (QED) is 0.500. The normalized spacial score (nSPS) is 24.1. The Morgan fingerprint density at radius 1 is 1.20 bits per heavy atom. The molecular formula is C15H16NO2PS. The molecule has 0 radical (unpaired) electrons. The van der Waals surface area contributed by atoms with Crippen LogP contribution < -0.4 is 16.3 Å². The molecule has 0 fully saturated rings. The van der Waals surface area contributed by atoms with E-state index in [9.17, 15) is 9.12 Å². The predicted octanol–water partition coefficient (Wildman–Crippen LogP) is 2.39. The van der Waals surface area contributed by atoms with Gasteiger partial charge in [0.15, 0.2) is 16.9 Å². The Morgan fingerprint density at radius 3 is 2.60 bits per heavy atom. The molecule has 1 heterocycles. The molecule has 0 saturated heterocycles. The first kappa shape index (κ1) is 13.7. The second-order valence-electron chi connectivity index (χ2n) is 4.94. The van der Waals surface area contributed by atoms with Gasteiger partial charge in [-0.15, -0.1) is 0 Å². The summed E-state index contributed by atoms with van der Waals surface area (Å²) >= 11 is -1.31. The minimum atomic E-state index is -2.79. The van der Waals surface area contributed by atoms with Gasteiger partial charge in [-0.05, 0) is 30.7 Å². The van der Waals surface area contributed by atoms with Crippen molar-refractivity contribution in [1.29, 1.82) is 0 Å². The van der Waals surface area contributed by atoms with Crippen LogP contribution in [0.5, 0.6) is 0 Å². The van der Waals surface area contributed by atoms with Crippen molar-refractivity contribution < 1.29 is 9.12 Å². The molecule has 0 amide bonds. The van der Waals surface area contributed by atoms with Crippen LogP contribution in [-0.4, -0.2) is 10.7 Å². The van der Waals surface area contributed by atoms with E-state index >= 15 is 0 Å². The van der Waals surface area contributed by atoms with Crippen molar-refractivity contribution >= 4 is 34.6 Å². The van der Waals surface area contributed by atoms with E-state index in [4.69, 9.17) is 5.73 Å². The van der Waals surface area contributed by atoms with Crippen molar-refractivity contribution in [3.05, 3.63) is 42.0 Å². The Balaban J connectivity index is 2.43. The van der Waals surface area contributed by atoms with Gasteiger partial charge in [-0.2, -0.15) is 0 Å². The van der Waals surface area contributed by atoms with Crippen LogP contribution >= 0.6 is 7.14 Å². The van der Waals surface area contributed by atoms with E-state index in [1.165, 1.54) is 0 Å². The fourth-order valence-electron chi connectivity index (χ4n) is 2.69. The molecule has 3 nitrogen and oxygen atoms in total. The van der Waals surface area contributed by atoms with Crippen molar-refractivity contribution in [3.63, 3.8) is 0 Å². The van der Waals surface area contributed by atoms with Gasteiger partial charge in [0.25, 0.3) is 0 Å². The SMILES string of the molecule is CCP1(=O)c2ccccc2[S+]([O-])c2ccc(C)c(N)c21. The molecule has 20 heavy (non-hydrogen) atoms. The Hall–Kier alpha value is -1.22. The fraction of sp³-hybridized carbons (Fsp3) is 0.200. The lowest BCUT2D eigenvalue weighted by molar-refractivity contribution is 0.582. The molecule has 5 heteroatoms. The van der Waals surface area contributed by atoms with Gasteiger partial charge < -0.3 is 14.9 Å². The average Bonchev–Trinajstić information content (AvgIpc) is 2.47. The summed E-state index contributed by atoms with van der Waals surface area (Å²) in [6, 6.07) is 10.9. The van der Waals surface area contributed by atoms with E-state index in [1.807, 2.05) is 38.1 Å². The summed E-state index contributed by atoms with van der Waals surface area (Å²) in [5.74, 6) is 0. The van der Waals surface area contributed by atoms with Crippen LogP contribution in [0.3, 0.4) is 0 Å². The number of benzene rings is 2. The number of hydrogen-bond acceptors (Lipinski definition) is 3. The molecule has 1 aliphatic heterocycles. The third-order valence-corrected chi connectivity index (χ3v) is 8.92. The highest BCUT2D eigenvalue weighted by molar-refractivity contribution is 7.95. The molecule has 2 atom stereocenters. The van der Waals surface area contributed by atoms with Gasteiger partial charge in [-0.1, -0.05) is 25.1 Å². The minimum absolute atomic E-state index is 0.488. The van der Waals surface area contributed by atoms with E-state index in [-0.39, 0.29) is 0 Å². The lowest BCUT2D eigenvalue weighted by Crippen LogP contribution is -2.34. The average molecular weight is 305 g/mol. The first-order valence-electron chi connectivity index (χ1n) is 6.50. The minimum Gasteiger partial charge on any atom is -0.606 e. The summed E-state index contributed by atoms with van der Waals surface area (Å²) in [5.41, 5.74) is 7.57. The fourth-order valence-corrected chi connectivity index (χ4v) is 7.90. The van der Waals surface area contributed by atoms with E-state index in [0.717, 1.165) is 5.56 Å². The largest absolute Gasteiger partial charge is 0.606 e. The first-order chi connectivity index (χ1) is 9.50. The maximum absolute atomic E-state index is 13.6. The lowest BCUT2D eigenvalue weighted by Gasteiger charge is -2.29. The van der Waals surface area contributed by atoms with Gasteiger partial charge in [0.05, 0.1) is 16.3 Å². The first-order valence-corrected chi connectivity index (χ1v) is 9.55. The van der Waals surface area contributed by atoms with Gasteiger partial charge >= 0.3 is 0 Å². The molecule has 2 aromatic carbocycles. The van der Waals surface area contributed by atoms with Gasteiger partial charge in [-0.3, -0.25) is 0 Å².